The first-order valence-corrected chi connectivity index (χ1v) is 20.9. The van der Waals surface area contributed by atoms with Gasteiger partial charge in [-0.25, -0.2) is 15.0 Å². The molecule has 0 spiro atoms. The minimum Gasteiger partial charge on any atom is -0.291 e. The quantitative estimate of drug-likeness (QED) is 0.156. The summed E-state index contributed by atoms with van der Waals surface area (Å²) in [4.78, 5) is 14.8. The first-order valence-electron chi connectivity index (χ1n) is 20.0. The first kappa shape index (κ1) is 37.4. The predicted molar refractivity (Wildman–Crippen MR) is 249 cm³/mol. The highest BCUT2D eigenvalue weighted by Crippen LogP contribution is 2.42. The average Bonchev–Trinajstić information content (AvgIpc) is 3.86. The molecule has 6 nitrogen and oxygen atoms in total. The number of nitriles is 1. The van der Waals surface area contributed by atoms with Crippen LogP contribution in [0.4, 0.5) is 0 Å². The van der Waals surface area contributed by atoms with Crippen LogP contribution in [0.2, 0.25) is 0 Å². The minimum atomic E-state index is 0.0577. The Hall–Kier alpha value is -7.92. The normalized spacial score (nSPS) is 13.2. The Balaban J connectivity index is 1.05. The van der Waals surface area contributed by atoms with Crippen LogP contribution in [-0.2, 0) is 0 Å². The number of rotatable bonds is 9. The van der Waals surface area contributed by atoms with E-state index in [4.69, 9.17) is 20.1 Å². The van der Waals surface area contributed by atoms with Gasteiger partial charge in [0.25, 0.3) is 0 Å². The number of nitrogens with one attached hydrogen (secondary N) is 1. The molecule has 9 aromatic rings. The summed E-state index contributed by atoms with van der Waals surface area (Å²) in [5.41, 5.74) is 17.6. The lowest BCUT2D eigenvalue weighted by atomic mass is 9.87. The number of hydrogen-bond donors (Lipinski definition) is 1. The summed E-state index contributed by atoms with van der Waals surface area (Å²) in [6.07, 6.45) is 0. The van der Waals surface area contributed by atoms with Gasteiger partial charge in [-0.3, -0.25) is 5.43 Å². The molecule has 0 aliphatic carbocycles. The van der Waals surface area contributed by atoms with E-state index < -0.39 is 0 Å². The Kier molecular flexibility index (Phi) is 10.3. The maximum absolute atomic E-state index is 9.49. The molecule has 0 fully saturated rings. The summed E-state index contributed by atoms with van der Waals surface area (Å²) < 4.78 is 0. The van der Waals surface area contributed by atoms with Crippen LogP contribution in [0.1, 0.15) is 22.1 Å². The summed E-state index contributed by atoms with van der Waals surface area (Å²) in [5.74, 6) is 1.87. The van der Waals surface area contributed by atoms with E-state index in [2.05, 4.69) is 127 Å². The molecule has 2 heterocycles. The fraction of sp³-hybridized carbons (Fsp3) is 0.0185. The molecule has 288 valence electrons. The third-order valence-corrected chi connectivity index (χ3v) is 11.9. The van der Waals surface area contributed by atoms with Crippen LogP contribution in [0.3, 0.4) is 0 Å². The van der Waals surface area contributed by atoms with Crippen molar-refractivity contribution in [3.05, 3.63) is 223 Å². The lowest BCUT2D eigenvalue weighted by Gasteiger charge is -2.17. The number of benzene rings is 8. The molecular formula is C54H36N6S. The lowest BCUT2D eigenvalue weighted by molar-refractivity contribution is 0.744. The van der Waals surface area contributed by atoms with Crippen molar-refractivity contribution in [2.75, 3.05) is 0 Å². The van der Waals surface area contributed by atoms with E-state index >= 15 is 0 Å². The number of hydrogen-bond acceptors (Lipinski definition) is 7. The van der Waals surface area contributed by atoms with Crippen LogP contribution in [0, 0.1) is 11.3 Å². The average molecular weight is 801 g/mol. The van der Waals surface area contributed by atoms with Gasteiger partial charge >= 0.3 is 0 Å². The zero-order valence-electron chi connectivity index (χ0n) is 32.9. The summed E-state index contributed by atoms with van der Waals surface area (Å²) >= 11 is 1.73. The van der Waals surface area contributed by atoms with Crippen molar-refractivity contribution in [1.29, 1.82) is 5.26 Å². The van der Waals surface area contributed by atoms with Crippen molar-refractivity contribution in [3.8, 4) is 84.7 Å². The van der Waals surface area contributed by atoms with Crippen LogP contribution in [0.5, 0.6) is 0 Å². The topological polar surface area (TPSA) is 86.9 Å². The second-order valence-electron chi connectivity index (χ2n) is 14.6. The van der Waals surface area contributed by atoms with Crippen LogP contribution < -0.4 is 5.43 Å². The van der Waals surface area contributed by atoms with E-state index in [-0.39, 0.29) is 5.37 Å². The summed E-state index contributed by atoms with van der Waals surface area (Å²) in [5, 5.41) is 15.3. The molecule has 0 radical (unpaired) electrons. The fourth-order valence-electron chi connectivity index (χ4n) is 7.65. The van der Waals surface area contributed by atoms with E-state index in [0.29, 0.717) is 23.0 Å². The van der Waals surface area contributed by atoms with Crippen LogP contribution in [-0.4, -0.2) is 20.0 Å². The van der Waals surface area contributed by atoms with Gasteiger partial charge in [-0.2, -0.15) is 10.4 Å². The highest BCUT2D eigenvalue weighted by molar-refractivity contribution is 8.14. The Morgan fingerprint density at radius 3 is 1.52 bits per heavy atom. The molecule has 0 amide bonds. The molecule has 7 heteroatoms. The summed E-state index contributed by atoms with van der Waals surface area (Å²) in [6, 6.07) is 72.9. The van der Waals surface area contributed by atoms with Crippen LogP contribution in [0.15, 0.2) is 211 Å². The van der Waals surface area contributed by atoms with E-state index in [1.807, 2.05) is 91.0 Å². The van der Waals surface area contributed by atoms with Crippen LogP contribution in [0.25, 0.3) is 78.7 Å². The van der Waals surface area contributed by atoms with Gasteiger partial charge in [-0.05, 0) is 74.3 Å². The molecule has 1 atom stereocenters. The Labute approximate surface area is 359 Å². The third kappa shape index (κ3) is 7.84. The molecule has 1 aromatic heterocycles. The molecule has 61 heavy (non-hydrogen) atoms. The number of nitrogens with zero attached hydrogens (tertiary/aromatic N) is 5. The summed E-state index contributed by atoms with van der Waals surface area (Å²) in [6.45, 7) is 0. The van der Waals surface area contributed by atoms with Gasteiger partial charge in [0.05, 0.1) is 11.6 Å². The van der Waals surface area contributed by atoms with Gasteiger partial charge in [-0.15, -0.1) is 0 Å². The molecule has 8 aromatic carbocycles. The molecular weight excluding hydrogens is 765 g/mol. The van der Waals surface area contributed by atoms with Crippen molar-refractivity contribution in [3.63, 3.8) is 0 Å². The minimum absolute atomic E-state index is 0.0577. The van der Waals surface area contributed by atoms with E-state index in [1.54, 1.807) is 11.8 Å². The molecule has 0 bridgehead atoms. The van der Waals surface area contributed by atoms with Gasteiger partial charge in [0, 0.05) is 22.3 Å². The lowest BCUT2D eigenvalue weighted by Crippen LogP contribution is -2.05. The highest BCUT2D eigenvalue weighted by Gasteiger charge is 2.23. The Morgan fingerprint density at radius 1 is 0.393 bits per heavy atom. The molecule has 0 saturated heterocycles. The predicted octanol–water partition coefficient (Wildman–Crippen LogP) is 13.1. The van der Waals surface area contributed by atoms with Gasteiger partial charge in [0.15, 0.2) is 17.5 Å². The van der Waals surface area contributed by atoms with Crippen molar-refractivity contribution in [2.24, 2.45) is 5.10 Å². The van der Waals surface area contributed by atoms with Crippen molar-refractivity contribution in [2.45, 2.75) is 5.37 Å². The summed E-state index contributed by atoms with van der Waals surface area (Å²) in [7, 11) is 0. The maximum Gasteiger partial charge on any atom is 0.164 e. The molecule has 10 rings (SSSR count). The molecule has 1 aliphatic heterocycles. The Morgan fingerprint density at radius 2 is 0.885 bits per heavy atom. The molecule has 1 aliphatic rings. The fourth-order valence-corrected chi connectivity index (χ4v) is 8.64. The number of thioether (sulfide) groups is 1. The van der Waals surface area contributed by atoms with Gasteiger partial charge in [0.1, 0.15) is 10.4 Å². The monoisotopic (exact) mass is 800 g/mol. The van der Waals surface area contributed by atoms with E-state index in [9.17, 15) is 5.26 Å². The Bertz CT molecular complexity index is 3010. The largest absolute Gasteiger partial charge is 0.291 e. The van der Waals surface area contributed by atoms with Crippen molar-refractivity contribution < 1.29 is 0 Å². The maximum atomic E-state index is 9.49. The standard InChI is InChI=1S/C54H36N6S/c55-35-36-23-25-37(26-24-36)43-31-32-47(44-19-12-20-45(33-44)54-60-59-53(61-54)42-17-8-3-9-18-42)49(34-43)48-22-11-10-21-46(48)38-27-29-41(30-28-38)52-57-50(39-13-4-1-5-14-39)56-51(58-52)40-15-6-2-7-16-40/h1-34,53,59H. The SMILES string of the molecule is N#Cc1ccc(-c2ccc(-c3cccc(C4=NNC(c5ccccc5)S4)c3)c(-c3ccccc3-c3ccc(-c4nc(-c5ccccc5)nc(-c5ccccc5)n4)cc3)c2)cc1. The van der Waals surface area contributed by atoms with Crippen molar-refractivity contribution in [1.82, 2.24) is 20.4 Å². The van der Waals surface area contributed by atoms with Crippen molar-refractivity contribution >= 4 is 16.8 Å². The second-order valence-corrected chi connectivity index (χ2v) is 15.7. The molecule has 0 saturated carbocycles. The number of aromatic nitrogens is 3. The van der Waals surface area contributed by atoms with Gasteiger partial charge in [0.2, 0.25) is 0 Å². The van der Waals surface area contributed by atoms with E-state index in [0.717, 1.165) is 71.8 Å². The highest BCUT2D eigenvalue weighted by atomic mass is 32.2. The van der Waals surface area contributed by atoms with E-state index in [1.165, 1.54) is 5.56 Å². The zero-order valence-corrected chi connectivity index (χ0v) is 33.7. The molecule has 1 N–H and O–H groups in total. The number of hydrazone groups is 1. The first-order chi connectivity index (χ1) is 30.2. The second kappa shape index (κ2) is 16.7. The smallest absolute Gasteiger partial charge is 0.164 e. The van der Waals surface area contributed by atoms with Gasteiger partial charge in [-0.1, -0.05) is 194 Å². The van der Waals surface area contributed by atoms with Crippen LogP contribution >= 0.6 is 11.8 Å². The zero-order chi connectivity index (χ0) is 41.0. The third-order valence-electron chi connectivity index (χ3n) is 10.8. The van der Waals surface area contributed by atoms with Gasteiger partial charge < -0.3 is 0 Å². The molecule has 1 unspecified atom stereocenters.